The van der Waals surface area contributed by atoms with E-state index in [0.29, 0.717) is 5.56 Å². The van der Waals surface area contributed by atoms with Gasteiger partial charge in [0.1, 0.15) is 17.6 Å². The monoisotopic (exact) mass is 289 g/mol. The molecule has 2 aromatic carbocycles. The smallest absolute Gasteiger partial charge is 0.312 e. The quantitative estimate of drug-likeness (QED) is 0.943. The molecule has 1 aliphatic rings. The second-order valence-corrected chi connectivity index (χ2v) is 5.07. The number of hydrogen-bond acceptors (Lipinski definition) is 2. The van der Waals surface area contributed by atoms with Crippen molar-refractivity contribution in [2.75, 3.05) is 11.4 Å². The van der Waals surface area contributed by atoms with Crippen molar-refractivity contribution in [1.29, 1.82) is 0 Å². The predicted molar refractivity (Wildman–Crippen MR) is 74.2 cm³/mol. The summed E-state index contributed by atoms with van der Waals surface area (Å²) in [5, 5.41) is 9.28. The number of fused-ring (bicyclic) bond motifs is 1. The van der Waals surface area contributed by atoms with Gasteiger partial charge in [-0.2, -0.15) is 0 Å². The lowest BCUT2D eigenvalue weighted by atomic mass is 10.0. The minimum absolute atomic E-state index is 0.143. The largest absolute Gasteiger partial charge is 0.481 e. The van der Waals surface area contributed by atoms with Gasteiger partial charge in [0, 0.05) is 24.3 Å². The lowest BCUT2D eigenvalue weighted by molar-refractivity contribution is -0.138. The first-order valence-electron chi connectivity index (χ1n) is 6.57. The highest BCUT2D eigenvalue weighted by molar-refractivity contribution is 5.82. The minimum Gasteiger partial charge on any atom is -0.481 e. The number of carboxylic acids is 1. The number of carboxylic acid groups (broad SMARTS) is 1. The number of anilines is 1. The van der Waals surface area contributed by atoms with Crippen molar-refractivity contribution in [2.24, 2.45) is 0 Å². The van der Waals surface area contributed by atoms with Gasteiger partial charge in [-0.15, -0.1) is 0 Å². The third-order valence-corrected chi connectivity index (χ3v) is 3.72. The fourth-order valence-electron chi connectivity index (χ4n) is 2.72. The topological polar surface area (TPSA) is 40.5 Å². The van der Waals surface area contributed by atoms with Crippen LogP contribution >= 0.6 is 0 Å². The zero-order valence-electron chi connectivity index (χ0n) is 11.1. The van der Waals surface area contributed by atoms with E-state index in [0.717, 1.165) is 23.9 Å². The summed E-state index contributed by atoms with van der Waals surface area (Å²) in [6, 6.07) is 10.4. The average molecular weight is 289 g/mol. The van der Waals surface area contributed by atoms with Gasteiger partial charge in [0.05, 0.1) is 0 Å². The van der Waals surface area contributed by atoms with Crippen LogP contribution in [0.15, 0.2) is 42.5 Å². The Labute approximate surface area is 120 Å². The van der Waals surface area contributed by atoms with Gasteiger partial charge in [-0.05, 0) is 29.8 Å². The first-order chi connectivity index (χ1) is 10.1. The van der Waals surface area contributed by atoms with E-state index in [4.69, 9.17) is 0 Å². The summed E-state index contributed by atoms with van der Waals surface area (Å²) < 4.78 is 27.0. The molecule has 21 heavy (non-hydrogen) atoms. The Morgan fingerprint density at radius 2 is 2.00 bits per heavy atom. The number of rotatable bonds is 3. The van der Waals surface area contributed by atoms with Gasteiger partial charge < -0.3 is 10.0 Å². The Bertz CT molecular complexity index is 702. The first-order valence-corrected chi connectivity index (χ1v) is 6.57. The standard InChI is InChI=1S/C16H13F2NO2/c17-11-5-6-14(18)10(7-11)8-19-9-13(16(20)21)12-3-1-2-4-15(12)19/h1-7,13H,8-9H2,(H,20,21). The van der Waals surface area contributed by atoms with E-state index < -0.39 is 23.5 Å². The molecule has 0 aliphatic carbocycles. The summed E-state index contributed by atoms with van der Waals surface area (Å²) in [7, 11) is 0. The SMILES string of the molecule is O=C(O)C1CN(Cc2cc(F)ccc2F)c2ccccc21. The van der Waals surface area contributed by atoms with E-state index in [1.54, 1.807) is 29.2 Å². The van der Waals surface area contributed by atoms with Crippen LogP contribution in [0, 0.1) is 11.6 Å². The highest BCUT2D eigenvalue weighted by atomic mass is 19.1. The third-order valence-electron chi connectivity index (χ3n) is 3.72. The molecule has 2 aromatic rings. The van der Waals surface area contributed by atoms with Crippen molar-refractivity contribution in [3.05, 3.63) is 65.2 Å². The molecule has 3 rings (SSSR count). The highest BCUT2D eigenvalue weighted by Crippen LogP contribution is 2.37. The summed E-state index contributed by atoms with van der Waals surface area (Å²) in [5.41, 5.74) is 1.69. The average Bonchev–Trinajstić information content (AvgIpc) is 2.82. The van der Waals surface area contributed by atoms with Crippen molar-refractivity contribution in [3.63, 3.8) is 0 Å². The zero-order chi connectivity index (χ0) is 15.0. The summed E-state index contributed by atoms with van der Waals surface area (Å²) in [6.07, 6.45) is 0. The zero-order valence-corrected chi connectivity index (χ0v) is 11.1. The van der Waals surface area contributed by atoms with Crippen molar-refractivity contribution in [2.45, 2.75) is 12.5 Å². The molecule has 1 aliphatic heterocycles. The Kier molecular flexibility index (Phi) is 3.33. The van der Waals surface area contributed by atoms with E-state index in [1.165, 1.54) is 0 Å². The molecule has 0 bridgehead atoms. The highest BCUT2D eigenvalue weighted by Gasteiger charge is 2.33. The van der Waals surface area contributed by atoms with Crippen LogP contribution in [0.4, 0.5) is 14.5 Å². The van der Waals surface area contributed by atoms with Gasteiger partial charge in [-0.25, -0.2) is 8.78 Å². The Morgan fingerprint density at radius 3 is 2.76 bits per heavy atom. The van der Waals surface area contributed by atoms with Crippen LogP contribution in [0.1, 0.15) is 17.0 Å². The molecule has 0 radical (unpaired) electrons. The number of aliphatic carboxylic acids is 1. The fourth-order valence-corrected chi connectivity index (χ4v) is 2.72. The van der Waals surface area contributed by atoms with E-state index in [9.17, 15) is 18.7 Å². The molecule has 5 heteroatoms. The minimum atomic E-state index is -0.912. The van der Waals surface area contributed by atoms with Gasteiger partial charge in [-0.1, -0.05) is 18.2 Å². The molecule has 0 fully saturated rings. The van der Waals surface area contributed by atoms with Crippen molar-refractivity contribution < 1.29 is 18.7 Å². The molecule has 108 valence electrons. The molecule has 3 nitrogen and oxygen atoms in total. The predicted octanol–water partition coefficient (Wildman–Crippen LogP) is 3.15. The van der Waals surface area contributed by atoms with Crippen molar-refractivity contribution in [1.82, 2.24) is 0 Å². The molecule has 0 aromatic heterocycles. The number of carbonyl (C=O) groups is 1. The maximum atomic E-state index is 13.7. The van der Waals surface area contributed by atoms with Gasteiger partial charge in [0.25, 0.3) is 0 Å². The lowest BCUT2D eigenvalue weighted by Crippen LogP contribution is -2.24. The molecule has 1 heterocycles. The second-order valence-electron chi connectivity index (χ2n) is 5.07. The number of hydrogen-bond donors (Lipinski definition) is 1. The summed E-state index contributed by atoms with van der Waals surface area (Å²) in [4.78, 5) is 13.1. The molecule has 0 spiro atoms. The van der Waals surface area contributed by atoms with Crippen LogP contribution in [0.2, 0.25) is 0 Å². The Hall–Kier alpha value is -2.43. The molecule has 0 amide bonds. The van der Waals surface area contributed by atoms with E-state index in [1.807, 2.05) is 0 Å². The lowest BCUT2D eigenvalue weighted by Gasteiger charge is -2.20. The van der Waals surface area contributed by atoms with Crippen LogP contribution in [-0.2, 0) is 11.3 Å². The summed E-state index contributed by atoms with van der Waals surface area (Å²) in [6.45, 7) is 0.398. The molecular weight excluding hydrogens is 276 g/mol. The normalized spacial score (nSPS) is 16.9. The summed E-state index contributed by atoms with van der Waals surface area (Å²) in [5.74, 6) is -2.55. The van der Waals surface area contributed by atoms with Crippen LogP contribution in [-0.4, -0.2) is 17.6 Å². The van der Waals surface area contributed by atoms with Crippen molar-refractivity contribution >= 4 is 11.7 Å². The molecule has 1 unspecified atom stereocenters. The van der Waals surface area contributed by atoms with Crippen LogP contribution < -0.4 is 4.90 Å². The molecule has 1 atom stereocenters. The van der Waals surface area contributed by atoms with Crippen LogP contribution in [0.25, 0.3) is 0 Å². The second kappa shape index (κ2) is 5.16. The maximum absolute atomic E-state index is 13.7. The van der Waals surface area contributed by atoms with Crippen LogP contribution in [0.5, 0.6) is 0 Å². The van der Waals surface area contributed by atoms with Crippen LogP contribution in [0.3, 0.4) is 0 Å². The van der Waals surface area contributed by atoms with Gasteiger partial charge in [0.15, 0.2) is 0 Å². The number of para-hydroxylation sites is 1. The van der Waals surface area contributed by atoms with Gasteiger partial charge >= 0.3 is 5.97 Å². The van der Waals surface area contributed by atoms with Gasteiger partial charge in [0.2, 0.25) is 0 Å². The number of nitrogens with zero attached hydrogens (tertiary/aromatic N) is 1. The third kappa shape index (κ3) is 2.46. The molecular formula is C16H13F2NO2. The van der Waals surface area contributed by atoms with Crippen molar-refractivity contribution in [3.8, 4) is 0 Å². The fraction of sp³-hybridized carbons (Fsp3) is 0.188. The first kappa shape index (κ1) is 13.5. The summed E-state index contributed by atoms with van der Waals surface area (Å²) >= 11 is 0. The van der Waals surface area contributed by atoms with E-state index >= 15 is 0 Å². The Morgan fingerprint density at radius 1 is 1.24 bits per heavy atom. The van der Waals surface area contributed by atoms with E-state index in [-0.39, 0.29) is 18.7 Å². The molecule has 0 saturated carbocycles. The number of halogens is 2. The van der Waals surface area contributed by atoms with Gasteiger partial charge in [-0.3, -0.25) is 4.79 Å². The maximum Gasteiger partial charge on any atom is 0.312 e. The van der Waals surface area contributed by atoms with E-state index in [2.05, 4.69) is 0 Å². The number of benzene rings is 2. The molecule has 0 saturated heterocycles. The Balaban J connectivity index is 1.94. The molecule has 1 N–H and O–H groups in total.